The summed E-state index contributed by atoms with van der Waals surface area (Å²) >= 11 is 0. The van der Waals surface area contributed by atoms with E-state index in [0.29, 0.717) is 30.2 Å². The van der Waals surface area contributed by atoms with Crippen molar-refractivity contribution in [1.82, 2.24) is 14.8 Å². The lowest BCUT2D eigenvalue weighted by Gasteiger charge is -2.38. The molecule has 0 aromatic rings. The Hall–Kier alpha value is -1.24. The van der Waals surface area contributed by atoms with Gasteiger partial charge in [0.1, 0.15) is 11.8 Å². The maximum atomic E-state index is 14.1. The van der Waals surface area contributed by atoms with Crippen LogP contribution in [0, 0.1) is 33.5 Å². The van der Waals surface area contributed by atoms with Gasteiger partial charge in [-0.1, -0.05) is 32.1 Å². The van der Waals surface area contributed by atoms with E-state index in [0.717, 1.165) is 23.7 Å². The van der Waals surface area contributed by atoms with Crippen LogP contribution < -0.4 is 5.43 Å². The van der Waals surface area contributed by atoms with Gasteiger partial charge in [0.05, 0.1) is 17.2 Å². The molecule has 0 radical (unpaired) electrons. The third-order valence-electron chi connectivity index (χ3n) is 12.2. The van der Waals surface area contributed by atoms with Gasteiger partial charge in [-0.15, -0.1) is 5.01 Å². The second-order valence-corrected chi connectivity index (χ2v) is 17.0. The fraction of sp³-hybridized carbons (Fsp3) is 0.909. The summed E-state index contributed by atoms with van der Waals surface area (Å²) in [4.78, 5) is 27.6. The largest absolute Gasteiger partial charge is 0.483 e. The van der Waals surface area contributed by atoms with E-state index < -0.39 is 59.0 Å². The van der Waals surface area contributed by atoms with Crippen LogP contribution in [-0.4, -0.2) is 65.9 Å². The highest BCUT2D eigenvalue weighted by atomic mass is 32.2. The first-order chi connectivity index (χ1) is 15.6. The minimum atomic E-state index is -4.11. The molecule has 4 saturated carbocycles. The van der Waals surface area contributed by atoms with Crippen LogP contribution in [-0.2, 0) is 20.0 Å². The molecule has 0 aromatic carbocycles. The lowest BCUT2D eigenvalue weighted by molar-refractivity contribution is -0.785. The SMILES string of the molecule is CC1(C)C2CCC13CS(=O)(=O)N(N1C(=O)N[N+]4(C1=O)C1CC5CCC1(CS4(=O)=O)C5(C)C)C3C2. The zero-order chi connectivity index (χ0) is 24.5. The Morgan fingerprint density at radius 3 is 2.09 bits per heavy atom. The van der Waals surface area contributed by atoms with Crippen molar-refractivity contribution in [2.45, 2.75) is 78.3 Å². The Balaban J connectivity index is 1.36. The summed E-state index contributed by atoms with van der Waals surface area (Å²) in [7, 11) is -8.08. The van der Waals surface area contributed by atoms with Gasteiger partial charge in [0, 0.05) is 11.8 Å². The Bertz CT molecular complexity index is 1290. The van der Waals surface area contributed by atoms with Gasteiger partial charge >= 0.3 is 22.1 Å². The molecule has 4 aliphatic carbocycles. The van der Waals surface area contributed by atoms with Crippen LogP contribution in [0.15, 0.2) is 0 Å². The molecular weight excluding hydrogens is 480 g/mol. The van der Waals surface area contributed by atoms with E-state index >= 15 is 0 Å². The van der Waals surface area contributed by atoms with Crippen molar-refractivity contribution in [3.63, 3.8) is 0 Å². The number of imide groups is 1. The summed E-state index contributed by atoms with van der Waals surface area (Å²) in [6, 6.07) is -3.00. The third kappa shape index (κ3) is 1.87. The highest BCUT2D eigenvalue weighted by molar-refractivity contribution is 7.89. The Morgan fingerprint density at radius 2 is 1.47 bits per heavy atom. The van der Waals surface area contributed by atoms with Crippen molar-refractivity contribution in [1.29, 1.82) is 0 Å². The van der Waals surface area contributed by atoms with E-state index in [4.69, 9.17) is 0 Å². The van der Waals surface area contributed by atoms with Crippen molar-refractivity contribution in [2.24, 2.45) is 33.5 Å². The molecule has 3 aliphatic heterocycles. The molecule has 3 saturated heterocycles. The molecule has 4 amide bonds. The fourth-order valence-electron chi connectivity index (χ4n) is 10.1. The summed E-state index contributed by atoms with van der Waals surface area (Å²) in [5, 5.41) is 0.668. The first-order valence-electron chi connectivity index (χ1n) is 12.4. The van der Waals surface area contributed by atoms with Gasteiger partial charge < -0.3 is 0 Å². The van der Waals surface area contributed by atoms with E-state index in [-0.39, 0.29) is 28.3 Å². The smallest absolute Gasteiger partial charge is 0.241 e. The van der Waals surface area contributed by atoms with Gasteiger partial charge in [-0.2, -0.15) is 13.8 Å². The normalized spacial score (nSPS) is 52.5. The molecule has 7 aliphatic rings. The minimum absolute atomic E-state index is 0.111. The van der Waals surface area contributed by atoms with Gasteiger partial charge in [0.25, 0.3) is 0 Å². The van der Waals surface area contributed by atoms with Crippen LogP contribution in [0.5, 0.6) is 0 Å². The molecule has 0 aromatic heterocycles. The van der Waals surface area contributed by atoms with Crippen molar-refractivity contribution in [3.05, 3.63) is 0 Å². The van der Waals surface area contributed by atoms with E-state index in [1.165, 1.54) is 0 Å². The number of carbonyl (C=O) groups excluding carboxylic acids is 2. The van der Waals surface area contributed by atoms with Gasteiger partial charge in [0.15, 0.2) is 0 Å². The van der Waals surface area contributed by atoms with Crippen molar-refractivity contribution >= 4 is 32.1 Å². The molecular formula is C22H33N4O6S2+. The fourth-order valence-corrected chi connectivity index (χ4v) is 15.4. The minimum Gasteiger partial charge on any atom is -0.241 e. The average molecular weight is 514 g/mol. The highest BCUT2D eigenvalue weighted by Crippen LogP contribution is 2.73. The Labute approximate surface area is 200 Å². The zero-order valence-electron chi connectivity index (χ0n) is 20.1. The molecule has 7 fully saturated rings. The van der Waals surface area contributed by atoms with E-state index in [2.05, 4.69) is 33.1 Å². The first-order valence-corrected chi connectivity index (χ1v) is 15.6. The predicted octanol–water partition coefficient (Wildman–Crippen LogP) is 2.16. The topological polar surface area (TPSA) is 121 Å². The van der Waals surface area contributed by atoms with Gasteiger partial charge in [0.2, 0.25) is 10.0 Å². The number of hydrogen-bond acceptors (Lipinski definition) is 6. The number of quaternary nitrogens is 1. The van der Waals surface area contributed by atoms with E-state index in [1.807, 2.05) is 0 Å². The summed E-state index contributed by atoms with van der Waals surface area (Å²) in [5.74, 6) is 0.306. The lowest BCUT2D eigenvalue weighted by Crippen LogP contribution is -2.64. The molecule has 10 nitrogen and oxygen atoms in total. The maximum absolute atomic E-state index is 14.1. The third-order valence-corrected chi connectivity index (χ3v) is 16.3. The van der Waals surface area contributed by atoms with Crippen LogP contribution in [0.1, 0.15) is 66.2 Å². The second kappa shape index (κ2) is 5.52. The summed E-state index contributed by atoms with van der Waals surface area (Å²) in [5.41, 5.74) is 0.899. The molecule has 7 rings (SSSR count). The number of rotatable bonds is 1. The number of nitrogens with zero attached hydrogens (tertiary/aromatic N) is 3. The van der Waals surface area contributed by atoms with Crippen LogP contribution in [0.25, 0.3) is 0 Å². The lowest BCUT2D eigenvalue weighted by atomic mass is 9.69. The summed E-state index contributed by atoms with van der Waals surface area (Å²) in [6.45, 7) is 8.34. The maximum Gasteiger partial charge on any atom is 0.483 e. The number of carbonyl (C=O) groups is 2. The average Bonchev–Trinajstić information content (AvgIpc) is 3.44. The first kappa shape index (κ1) is 22.0. The molecule has 7 atom stereocenters. The van der Waals surface area contributed by atoms with Crippen molar-refractivity contribution in [3.8, 4) is 0 Å². The van der Waals surface area contributed by atoms with Gasteiger partial charge in [-0.3, -0.25) is 0 Å². The summed E-state index contributed by atoms with van der Waals surface area (Å²) in [6.07, 6.45) is 4.38. The number of urea groups is 2. The molecule has 12 heteroatoms. The Morgan fingerprint density at radius 1 is 0.882 bits per heavy atom. The summed E-state index contributed by atoms with van der Waals surface area (Å²) < 4.78 is 54.4. The van der Waals surface area contributed by atoms with E-state index in [9.17, 15) is 26.4 Å². The van der Waals surface area contributed by atoms with Crippen LogP contribution >= 0.6 is 0 Å². The zero-order valence-corrected chi connectivity index (χ0v) is 21.7. The van der Waals surface area contributed by atoms with Crippen molar-refractivity contribution < 1.29 is 30.4 Å². The number of sulfonamides is 2. The molecule has 188 valence electrons. The number of fused-ring (bicyclic) bond motifs is 3. The molecule has 1 N–H and O–H groups in total. The van der Waals surface area contributed by atoms with Crippen LogP contribution in [0.3, 0.4) is 0 Å². The Kier molecular flexibility index (Phi) is 3.57. The van der Waals surface area contributed by atoms with Gasteiger partial charge in [-0.25, -0.2) is 18.0 Å². The van der Waals surface area contributed by atoms with Crippen LogP contribution in [0.4, 0.5) is 9.59 Å². The molecule has 4 bridgehead atoms. The predicted molar refractivity (Wildman–Crippen MR) is 120 cm³/mol. The molecule has 7 unspecified atom stereocenters. The number of amides is 4. The standard InChI is InChI=1S/C22H32N4O6S2/c1-19(2)13-5-7-21(19)11-33(29,30)25(15(21)9-13)24-17(27)23-26(18(24)28)16-10-14-6-8-22(16,20(14,3)4)12-34(26,31)32/h13-16H,5-12H2,1-4H3/p+1. The quantitative estimate of drug-likeness (QED) is 0.537. The number of hydrazine groups is 1. The molecule has 34 heavy (non-hydrogen) atoms. The van der Waals surface area contributed by atoms with Crippen molar-refractivity contribution in [2.75, 3.05) is 11.5 Å². The highest BCUT2D eigenvalue weighted by Gasteiger charge is 2.85. The van der Waals surface area contributed by atoms with E-state index in [1.54, 1.807) is 0 Å². The molecule has 3 heterocycles. The number of hydrogen-bond donors (Lipinski definition) is 1. The second-order valence-electron chi connectivity index (χ2n) is 13.2. The van der Waals surface area contributed by atoms with Crippen LogP contribution in [0.2, 0.25) is 0 Å². The van der Waals surface area contributed by atoms with Gasteiger partial charge in [-0.05, 0) is 58.8 Å². The monoisotopic (exact) mass is 513 g/mol. The number of nitrogens with one attached hydrogen (secondary N) is 1. The molecule has 3 spiro atoms.